The van der Waals surface area contributed by atoms with E-state index in [2.05, 4.69) is 10.0 Å². The quantitative estimate of drug-likeness (QED) is 0.285. The first-order valence-electron chi connectivity index (χ1n) is 13.3. The third kappa shape index (κ3) is 5.76. The Kier molecular flexibility index (Phi) is 8.10. The van der Waals surface area contributed by atoms with Crippen molar-refractivity contribution in [3.63, 3.8) is 0 Å². The molecule has 5 rings (SSSR count). The first kappa shape index (κ1) is 29.7. The van der Waals surface area contributed by atoms with Crippen molar-refractivity contribution in [2.75, 3.05) is 30.6 Å². The fourth-order valence-corrected chi connectivity index (χ4v) is 7.33. The lowest BCUT2D eigenvalue weighted by molar-refractivity contribution is 0.0964. The van der Waals surface area contributed by atoms with Crippen LogP contribution in [-0.4, -0.2) is 52.9 Å². The van der Waals surface area contributed by atoms with Crippen LogP contribution < -0.4 is 10.0 Å². The van der Waals surface area contributed by atoms with Gasteiger partial charge in [0.2, 0.25) is 20.0 Å². The molecule has 0 saturated carbocycles. The average Bonchev–Trinajstić information content (AvgIpc) is 3.35. The molecule has 42 heavy (non-hydrogen) atoms. The Labute approximate surface area is 242 Å². The number of carbonyl (C=O) groups is 1. The Morgan fingerprint density at radius 2 is 1.64 bits per heavy atom. The minimum Gasteiger partial charge on any atom is -0.455 e. The predicted octanol–water partition coefficient (Wildman–Crippen LogP) is 5.07. The molecule has 0 aliphatic carbocycles. The number of carbonyl (C=O) groups excluding carboxylic acids is 1. The van der Waals surface area contributed by atoms with Crippen LogP contribution in [0.3, 0.4) is 0 Å². The summed E-state index contributed by atoms with van der Waals surface area (Å²) in [5, 5.41) is 2.98. The zero-order valence-electron chi connectivity index (χ0n) is 22.9. The molecular weight excluding hydrogens is 588 g/mol. The maximum atomic E-state index is 13.6. The highest BCUT2D eigenvalue weighted by Crippen LogP contribution is 2.41. The number of furan rings is 1. The highest BCUT2D eigenvalue weighted by molar-refractivity contribution is 7.92. The van der Waals surface area contributed by atoms with Crippen LogP contribution in [0, 0.1) is 11.6 Å². The summed E-state index contributed by atoms with van der Waals surface area (Å²) in [6.45, 7) is 1.75. The van der Waals surface area contributed by atoms with Crippen molar-refractivity contribution in [1.29, 1.82) is 0 Å². The second kappa shape index (κ2) is 11.5. The van der Waals surface area contributed by atoms with E-state index in [1.807, 2.05) is 0 Å². The van der Waals surface area contributed by atoms with Gasteiger partial charge in [-0.25, -0.2) is 25.6 Å². The van der Waals surface area contributed by atoms with Crippen molar-refractivity contribution in [2.24, 2.45) is 0 Å². The van der Waals surface area contributed by atoms with Gasteiger partial charge in [0.05, 0.1) is 21.9 Å². The highest BCUT2D eigenvalue weighted by Gasteiger charge is 2.33. The Morgan fingerprint density at radius 1 is 1.00 bits per heavy atom. The summed E-state index contributed by atoms with van der Waals surface area (Å²) in [5.74, 6) is -1.97. The lowest BCUT2D eigenvalue weighted by Crippen LogP contribution is -2.39. The number of halogens is 2. The molecule has 1 aliphatic heterocycles. The van der Waals surface area contributed by atoms with E-state index in [0.717, 1.165) is 12.1 Å². The molecule has 0 radical (unpaired) electrons. The second-order valence-electron chi connectivity index (χ2n) is 9.99. The van der Waals surface area contributed by atoms with Crippen LogP contribution in [0.15, 0.2) is 70.0 Å². The summed E-state index contributed by atoms with van der Waals surface area (Å²) in [7, 11) is -6.26. The molecule has 1 fully saturated rings. The Bertz CT molecular complexity index is 1860. The second-order valence-corrected chi connectivity index (χ2v) is 13.9. The fraction of sp³-hybridized carbons (Fsp3) is 0.276. The molecule has 9 nitrogen and oxygen atoms in total. The van der Waals surface area contributed by atoms with Crippen LogP contribution in [0.2, 0.25) is 0 Å². The minimum absolute atomic E-state index is 0.0318. The van der Waals surface area contributed by atoms with E-state index in [-0.39, 0.29) is 46.3 Å². The van der Waals surface area contributed by atoms with Gasteiger partial charge in [-0.3, -0.25) is 9.52 Å². The van der Waals surface area contributed by atoms with Crippen LogP contribution in [0.4, 0.5) is 14.5 Å². The first-order valence-corrected chi connectivity index (χ1v) is 16.4. The number of nitrogens with one attached hydrogen (secondary N) is 2. The van der Waals surface area contributed by atoms with Crippen molar-refractivity contribution >= 4 is 42.6 Å². The third-order valence-electron chi connectivity index (χ3n) is 7.34. The number of fused-ring (bicyclic) bond motifs is 1. The molecule has 13 heteroatoms. The van der Waals surface area contributed by atoms with Crippen LogP contribution in [-0.2, 0) is 20.0 Å². The fourth-order valence-electron chi connectivity index (χ4n) is 5.15. The highest BCUT2D eigenvalue weighted by atomic mass is 32.2. The standard InChI is InChI=1S/C29H29F2N3O6S2/c1-3-41(36,37)33-25-16-26-24(27(29(35)32-2)28(40-26)18-6-8-20(30)9-7-18)15-23(25)19-5-4-14-34(17-19)42(38,39)22-12-10-21(31)11-13-22/h6-13,15-16,19,33H,3-5,14,17H2,1-2H3,(H,32,35)/t19-/m0/s1. The topological polar surface area (TPSA) is 126 Å². The third-order valence-corrected chi connectivity index (χ3v) is 10.5. The number of hydrogen-bond donors (Lipinski definition) is 2. The SMILES string of the molecule is CCS(=O)(=O)Nc1cc2oc(-c3ccc(F)cc3)c(C(=O)NC)c2cc1[C@H]1CCCN(S(=O)(=O)c2ccc(F)cc2)C1. The number of amides is 1. The molecule has 1 saturated heterocycles. The van der Waals surface area contributed by atoms with Gasteiger partial charge in [-0.1, -0.05) is 0 Å². The van der Waals surface area contributed by atoms with Crippen LogP contribution >= 0.6 is 0 Å². The molecule has 1 aromatic heterocycles. The van der Waals surface area contributed by atoms with Gasteiger partial charge in [0.1, 0.15) is 23.0 Å². The van der Waals surface area contributed by atoms with Crippen LogP contribution in [0.25, 0.3) is 22.3 Å². The van der Waals surface area contributed by atoms with Crippen molar-refractivity contribution in [2.45, 2.75) is 30.6 Å². The number of anilines is 1. The molecule has 1 atom stereocenters. The van der Waals surface area contributed by atoms with Gasteiger partial charge >= 0.3 is 0 Å². The van der Waals surface area contributed by atoms with Crippen LogP contribution in [0.5, 0.6) is 0 Å². The molecule has 4 aromatic rings. The normalized spacial score (nSPS) is 16.4. The monoisotopic (exact) mass is 617 g/mol. The lowest BCUT2D eigenvalue weighted by atomic mass is 9.89. The molecule has 222 valence electrons. The number of sulfonamides is 2. The molecule has 0 unspecified atom stereocenters. The Balaban J connectivity index is 1.65. The molecule has 1 aliphatic rings. The summed E-state index contributed by atoms with van der Waals surface area (Å²) in [4.78, 5) is 13.0. The number of nitrogens with zero attached hydrogens (tertiary/aromatic N) is 1. The molecule has 0 bridgehead atoms. The molecule has 3 aromatic carbocycles. The van der Waals surface area contributed by atoms with Crippen molar-refractivity contribution in [3.05, 3.63) is 83.4 Å². The number of hydrogen-bond acceptors (Lipinski definition) is 6. The van der Waals surface area contributed by atoms with Crippen molar-refractivity contribution < 1.29 is 34.8 Å². The molecule has 1 amide bonds. The van der Waals surface area contributed by atoms with Gasteiger partial charge in [0.15, 0.2) is 0 Å². The maximum Gasteiger partial charge on any atom is 0.255 e. The van der Waals surface area contributed by atoms with E-state index in [0.29, 0.717) is 29.4 Å². The average molecular weight is 618 g/mol. The van der Waals surface area contributed by atoms with Gasteiger partial charge in [-0.15, -0.1) is 0 Å². The summed E-state index contributed by atoms with van der Waals surface area (Å²) in [5.41, 5.74) is 1.54. The van der Waals surface area contributed by atoms with Gasteiger partial charge in [-0.05, 0) is 85.8 Å². The Hall–Kier alpha value is -3.81. The van der Waals surface area contributed by atoms with E-state index < -0.39 is 43.5 Å². The van der Waals surface area contributed by atoms with Crippen LogP contribution in [0.1, 0.15) is 41.6 Å². The smallest absolute Gasteiger partial charge is 0.255 e. The largest absolute Gasteiger partial charge is 0.455 e. The zero-order valence-corrected chi connectivity index (χ0v) is 24.5. The summed E-state index contributed by atoms with van der Waals surface area (Å²) in [6.07, 6.45) is 1.03. The molecule has 2 N–H and O–H groups in total. The van der Waals surface area contributed by atoms with Gasteiger partial charge < -0.3 is 9.73 Å². The van der Waals surface area contributed by atoms with E-state index in [1.54, 1.807) is 6.07 Å². The maximum absolute atomic E-state index is 13.6. The minimum atomic E-state index is -3.96. The van der Waals surface area contributed by atoms with E-state index in [1.165, 1.54) is 60.7 Å². The van der Waals surface area contributed by atoms with Gasteiger partial charge in [0, 0.05) is 37.2 Å². The van der Waals surface area contributed by atoms with Crippen molar-refractivity contribution in [1.82, 2.24) is 9.62 Å². The first-order chi connectivity index (χ1) is 19.9. The van der Waals surface area contributed by atoms with Gasteiger partial charge in [0.25, 0.3) is 5.91 Å². The number of piperidine rings is 1. The predicted molar refractivity (Wildman–Crippen MR) is 155 cm³/mol. The van der Waals surface area contributed by atoms with Crippen molar-refractivity contribution in [3.8, 4) is 11.3 Å². The van der Waals surface area contributed by atoms with E-state index >= 15 is 0 Å². The number of rotatable bonds is 8. The molecule has 2 heterocycles. The Morgan fingerprint density at radius 3 is 2.26 bits per heavy atom. The summed E-state index contributed by atoms with van der Waals surface area (Å²) in [6, 6.07) is 13.1. The van der Waals surface area contributed by atoms with Gasteiger partial charge in [-0.2, -0.15) is 4.31 Å². The van der Waals surface area contributed by atoms with E-state index in [9.17, 15) is 30.4 Å². The number of benzene rings is 3. The molecule has 0 spiro atoms. The zero-order chi connectivity index (χ0) is 30.2. The summed E-state index contributed by atoms with van der Waals surface area (Å²) >= 11 is 0. The van der Waals surface area contributed by atoms with E-state index in [4.69, 9.17) is 4.42 Å². The molecular formula is C29H29F2N3O6S2. The lowest BCUT2D eigenvalue weighted by Gasteiger charge is -2.33. The summed E-state index contributed by atoms with van der Waals surface area (Å²) < 4.78 is 89.2.